The normalized spacial score (nSPS) is 11.9. The summed E-state index contributed by atoms with van der Waals surface area (Å²) in [6, 6.07) is 4.79. The molecule has 0 aliphatic carbocycles. The summed E-state index contributed by atoms with van der Waals surface area (Å²) in [5.41, 5.74) is 0.281. The van der Waals surface area contributed by atoms with Gasteiger partial charge in [0, 0.05) is 12.1 Å². The summed E-state index contributed by atoms with van der Waals surface area (Å²) in [5, 5.41) is 12.7. The average molecular weight is 265 g/mol. The number of hydrogen-bond acceptors (Lipinski definition) is 3. The first-order valence-electron chi connectivity index (χ1n) is 6.76. The molecule has 1 unspecified atom stereocenters. The summed E-state index contributed by atoms with van der Waals surface area (Å²) in [6.07, 6.45) is 4.40. The molecule has 0 spiro atoms. The summed E-state index contributed by atoms with van der Waals surface area (Å²) >= 11 is 0. The van der Waals surface area contributed by atoms with Gasteiger partial charge >= 0.3 is 0 Å². The van der Waals surface area contributed by atoms with E-state index in [1.54, 1.807) is 12.1 Å². The Morgan fingerprint density at radius 2 is 2.16 bits per heavy atom. The number of phenols is 1. The molecule has 4 nitrogen and oxygen atoms in total. The van der Waals surface area contributed by atoms with E-state index in [0.717, 1.165) is 12.8 Å². The van der Waals surface area contributed by atoms with Crippen molar-refractivity contribution < 1.29 is 14.6 Å². The van der Waals surface area contributed by atoms with Gasteiger partial charge in [0.2, 0.25) is 0 Å². The van der Waals surface area contributed by atoms with E-state index in [0.29, 0.717) is 5.75 Å². The molecule has 1 amide bonds. The highest BCUT2D eigenvalue weighted by atomic mass is 16.5. The number of unbranched alkanes of at least 4 members (excludes halogenated alkanes) is 2. The molecule has 4 heteroatoms. The van der Waals surface area contributed by atoms with Gasteiger partial charge in [0.1, 0.15) is 11.5 Å². The van der Waals surface area contributed by atoms with E-state index in [9.17, 15) is 9.90 Å². The zero-order valence-corrected chi connectivity index (χ0v) is 11.9. The fourth-order valence-electron chi connectivity index (χ4n) is 1.90. The number of aromatic hydroxyl groups is 1. The number of amides is 1. The lowest BCUT2D eigenvalue weighted by molar-refractivity contribution is 0.0935. The van der Waals surface area contributed by atoms with E-state index in [1.165, 1.54) is 26.0 Å². The number of nitrogens with one attached hydrogen (secondary N) is 1. The minimum absolute atomic E-state index is 0.0578. The number of hydrogen-bond donors (Lipinski definition) is 2. The van der Waals surface area contributed by atoms with E-state index in [-0.39, 0.29) is 23.3 Å². The molecule has 0 aliphatic rings. The second-order valence-electron chi connectivity index (χ2n) is 4.75. The summed E-state index contributed by atoms with van der Waals surface area (Å²) in [5.74, 6) is 0.229. The van der Waals surface area contributed by atoms with Gasteiger partial charge in [0.05, 0.1) is 12.7 Å². The summed E-state index contributed by atoms with van der Waals surface area (Å²) < 4.78 is 4.98. The summed E-state index contributed by atoms with van der Waals surface area (Å²) in [6.45, 7) is 4.13. The number of phenolic OH excluding ortho intramolecular Hbond substituents is 1. The predicted octanol–water partition coefficient (Wildman–Crippen LogP) is 3.10. The van der Waals surface area contributed by atoms with Crippen LogP contribution in [-0.4, -0.2) is 24.2 Å². The van der Waals surface area contributed by atoms with Crippen LogP contribution in [0.4, 0.5) is 0 Å². The van der Waals surface area contributed by atoms with E-state index < -0.39 is 0 Å². The zero-order valence-electron chi connectivity index (χ0n) is 11.9. The minimum atomic E-state index is -0.246. The van der Waals surface area contributed by atoms with Crippen LogP contribution in [0, 0.1) is 0 Å². The van der Waals surface area contributed by atoms with E-state index in [2.05, 4.69) is 12.2 Å². The van der Waals surface area contributed by atoms with Crippen LogP contribution in [0.3, 0.4) is 0 Å². The molecule has 1 atom stereocenters. The van der Waals surface area contributed by atoms with Crippen molar-refractivity contribution in [2.45, 2.75) is 45.6 Å². The topological polar surface area (TPSA) is 58.6 Å². The lowest BCUT2D eigenvalue weighted by Crippen LogP contribution is -2.32. The highest BCUT2D eigenvalue weighted by Crippen LogP contribution is 2.23. The van der Waals surface area contributed by atoms with Gasteiger partial charge < -0.3 is 15.2 Å². The summed E-state index contributed by atoms with van der Waals surface area (Å²) in [7, 11) is 1.52. The van der Waals surface area contributed by atoms with Crippen LogP contribution in [0.1, 0.15) is 49.9 Å². The molecule has 19 heavy (non-hydrogen) atoms. The standard InChI is InChI=1S/C15H23NO3/c1-4-5-6-7-11(2)16-15(18)13-9-8-12(19-3)10-14(13)17/h8-11,17H,4-7H2,1-3H3,(H,16,18). The van der Waals surface area contributed by atoms with Crippen LogP contribution < -0.4 is 10.1 Å². The Bertz CT molecular complexity index is 418. The second-order valence-corrected chi connectivity index (χ2v) is 4.75. The molecule has 0 radical (unpaired) electrons. The molecule has 0 aliphatic heterocycles. The number of benzene rings is 1. The third kappa shape index (κ3) is 4.81. The third-order valence-corrected chi connectivity index (χ3v) is 3.07. The minimum Gasteiger partial charge on any atom is -0.507 e. The van der Waals surface area contributed by atoms with Crippen molar-refractivity contribution in [1.82, 2.24) is 5.32 Å². The fourth-order valence-corrected chi connectivity index (χ4v) is 1.90. The SMILES string of the molecule is CCCCCC(C)NC(=O)c1ccc(OC)cc1O. The van der Waals surface area contributed by atoms with Gasteiger partial charge in [-0.2, -0.15) is 0 Å². The molecular formula is C15H23NO3. The predicted molar refractivity (Wildman–Crippen MR) is 75.7 cm³/mol. The first-order valence-corrected chi connectivity index (χ1v) is 6.76. The number of carbonyl (C=O) groups excluding carboxylic acids is 1. The van der Waals surface area contributed by atoms with Gasteiger partial charge in [-0.25, -0.2) is 0 Å². The number of rotatable bonds is 7. The highest BCUT2D eigenvalue weighted by Gasteiger charge is 2.14. The second kappa shape index (κ2) is 7.67. The van der Waals surface area contributed by atoms with Crippen molar-refractivity contribution >= 4 is 5.91 Å². The zero-order chi connectivity index (χ0) is 14.3. The van der Waals surface area contributed by atoms with Crippen LogP contribution in [0.25, 0.3) is 0 Å². The van der Waals surface area contributed by atoms with Crippen molar-refractivity contribution in [3.8, 4) is 11.5 Å². The molecule has 1 aromatic rings. The molecule has 0 aromatic heterocycles. The number of ether oxygens (including phenoxy) is 1. The molecule has 0 bridgehead atoms. The molecule has 106 valence electrons. The molecule has 0 heterocycles. The lowest BCUT2D eigenvalue weighted by atomic mass is 10.1. The molecule has 1 aromatic carbocycles. The van der Waals surface area contributed by atoms with Gasteiger partial charge in [-0.1, -0.05) is 26.2 Å². The Morgan fingerprint density at radius 1 is 1.42 bits per heavy atom. The molecule has 1 rings (SSSR count). The van der Waals surface area contributed by atoms with E-state index in [1.807, 2.05) is 6.92 Å². The Labute approximate surface area is 114 Å². The Hall–Kier alpha value is -1.71. The van der Waals surface area contributed by atoms with Gasteiger partial charge in [-0.05, 0) is 25.5 Å². The fraction of sp³-hybridized carbons (Fsp3) is 0.533. The van der Waals surface area contributed by atoms with Crippen LogP contribution in [-0.2, 0) is 0 Å². The first kappa shape index (κ1) is 15.3. The van der Waals surface area contributed by atoms with Crippen molar-refractivity contribution in [3.05, 3.63) is 23.8 Å². The van der Waals surface area contributed by atoms with Crippen molar-refractivity contribution in [1.29, 1.82) is 0 Å². The average Bonchev–Trinajstić information content (AvgIpc) is 2.38. The van der Waals surface area contributed by atoms with Gasteiger partial charge in [-0.15, -0.1) is 0 Å². The third-order valence-electron chi connectivity index (χ3n) is 3.07. The van der Waals surface area contributed by atoms with Crippen molar-refractivity contribution in [2.75, 3.05) is 7.11 Å². The first-order chi connectivity index (χ1) is 9.08. The molecule has 0 fully saturated rings. The van der Waals surface area contributed by atoms with Crippen LogP contribution in [0.15, 0.2) is 18.2 Å². The Kier molecular flexibility index (Phi) is 6.19. The van der Waals surface area contributed by atoms with Gasteiger partial charge in [0.25, 0.3) is 5.91 Å². The molecule has 2 N–H and O–H groups in total. The Morgan fingerprint density at radius 3 is 2.74 bits per heavy atom. The highest BCUT2D eigenvalue weighted by molar-refractivity contribution is 5.97. The van der Waals surface area contributed by atoms with Crippen LogP contribution in [0.2, 0.25) is 0 Å². The maximum Gasteiger partial charge on any atom is 0.255 e. The van der Waals surface area contributed by atoms with Gasteiger partial charge in [0.15, 0.2) is 0 Å². The number of carbonyl (C=O) groups is 1. The van der Waals surface area contributed by atoms with Crippen molar-refractivity contribution in [3.63, 3.8) is 0 Å². The molecular weight excluding hydrogens is 242 g/mol. The monoisotopic (exact) mass is 265 g/mol. The maximum atomic E-state index is 12.0. The molecule has 0 saturated carbocycles. The van der Waals surface area contributed by atoms with Crippen molar-refractivity contribution in [2.24, 2.45) is 0 Å². The van der Waals surface area contributed by atoms with Crippen LogP contribution in [0.5, 0.6) is 11.5 Å². The van der Waals surface area contributed by atoms with Gasteiger partial charge in [-0.3, -0.25) is 4.79 Å². The van der Waals surface area contributed by atoms with E-state index >= 15 is 0 Å². The molecule has 0 saturated heterocycles. The maximum absolute atomic E-state index is 12.0. The lowest BCUT2D eigenvalue weighted by Gasteiger charge is -2.14. The summed E-state index contributed by atoms with van der Waals surface area (Å²) in [4.78, 5) is 12.0. The number of methoxy groups -OCH3 is 1. The van der Waals surface area contributed by atoms with E-state index in [4.69, 9.17) is 4.74 Å². The largest absolute Gasteiger partial charge is 0.507 e. The van der Waals surface area contributed by atoms with Crippen LogP contribution >= 0.6 is 0 Å². The smallest absolute Gasteiger partial charge is 0.255 e. The Balaban J connectivity index is 2.57. The quantitative estimate of drug-likeness (QED) is 0.745.